The Morgan fingerprint density at radius 2 is 2.04 bits per heavy atom. The second kappa shape index (κ2) is 8.18. The molecular formula is C15H17N5O3S. The van der Waals surface area contributed by atoms with Crippen molar-refractivity contribution in [2.75, 3.05) is 5.32 Å². The number of carboxylic acid groups (broad SMARTS) is 1. The van der Waals surface area contributed by atoms with E-state index in [1.807, 2.05) is 24.3 Å². The van der Waals surface area contributed by atoms with E-state index in [2.05, 4.69) is 20.7 Å². The number of rotatable bonds is 7. The van der Waals surface area contributed by atoms with Crippen LogP contribution in [-0.4, -0.2) is 28.3 Å². The van der Waals surface area contributed by atoms with Gasteiger partial charge in [0.15, 0.2) is 5.13 Å². The zero-order valence-electron chi connectivity index (χ0n) is 12.9. The highest BCUT2D eigenvalue weighted by Gasteiger charge is 2.17. The van der Waals surface area contributed by atoms with E-state index >= 15 is 0 Å². The number of anilines is 1. The Bertz CT molecular complexity index is 755. The van der Waals surface area contributed by atoms with Crippen molar-refractivity contribution in [1.29, 1.82) is 0 Å². The van der Waals surface area contributed by atoms with Crippen LogP contribution in [0.2, 0.25) is 0 Å². The largest absolute Gasteiger partial charge is 0.477 e. The van der Waals surface area contributed by atoms with E-state index in [1.54, 1.807) is 0 Å². The maximum atomic E-state index is 11.3. The number of aliphatic imine (C=N–C) groups is 1. The Hall–Kier alpha value is -2.78. The van der Waals surface area contributed by atoms with Crippen LogP contribution in [0.15, 0.2) is 29.3 Å². The van der Waals surface area contributed by atoms with E-state index in [4.69, 9.17) is 5.84 Å². The van der Waals surface area contributed by atoms with Crippen LogP contribution in [0, 0.1) is 0 Å². The molecule has 2 rings (SSSR count). The minimum absolute atomic E-state index is 0.147. The highest BCUT2D eigenvalue weighted by molar-refractivity contribution is 7.17. The highest BCUT2D eigenvalue weighted by atomic mass is 32.1. The molecule has 0 aliphatic rings. The lowest BCUT2D eigenvalue weighted by molar-refractivity contribution is -0.114. The van der Waals surface area contributed by atoms with Crippen molar-refractivity contribution in [2.24, 2.45) is 10.8 Å². The van der Waals surface area contributed by atoms with Gasteiger partial charge in [-0.2, -0.15) is 0 Å². The summed E-state index contributed by atoms with van der Waals surface area (Å²) >= 11 is 0.962. The molecule has 0 unspecified atom stereocenters. The number of aromatic carboxylic acids is 1. The standard InChI is InChI=1S/C15H17N5O3S/c1-9(21)19-15-20-12(13(24-15)14(22)23)7-4-10-2-5-11(6-3-10)17-8-18-16/h2-3,5-6,8H,4,7,16H2,1H3,(H,17,18)(H,22,23)(H,19,20,21). The summed E-state index contributed by atoms with van der Waals surface area (Å²) in [6.45, 7) is 1.35. The molecule has 2 aromatic rings. The van der Waals surface area contributed by atoms with Gasteiger partial charge in [0.1, 0.15) is 11.2 Å². The average Bonchev–Trinajstić information content (AvgIpc) is 2.94. The molecule has 1 amide bonds. The lowest BCUT2D eigenvalue weighted by atomic mass is 10.1. The minimum Gasteiger partial charge on any atom is -0.477 e. The molecule has 9 heteroatoms. The molecule has 0 saturated heterocycles. The summed E-state index contributed by atoms with van der Waals surface area (Å²) in [5.41, 5.74) is 4.57. The van der Waals surface area contributed by atoms with E-state index in [0.717, 1.165) is 22.6 Å². The predicted octanol–water partition coefficient (Wildman–Crippen LogP) is 1.71. The van der Waals surface area contributed by atoms with Crippen LogP contribution >= 0.6 is 11.3 Å². The molecule has 0 aliphatic carbocycles. The normalized spacial score (nSPS) is 10.8. The highest BCUT2D eigenvalue weighted by Crippen LogP contribution is 2.24. The number of thiazole rings is 1. The van der Waals surface area contributed by atoms with Crippen LogP contribution in [0.25, 0.3) is 0 Å². The van der Waals surface area contributed by atoms with Gasteiger partial charge in [-0.1, -0.05) is 23.5 Å². The number of amides is 1. The number of aromatic nitrogens is 1. The first-order chi connectivity index (χ1) is 11.5. The zero-order chi connectivity index (χ0) is 17.5. The Kier molecular flexibility index (Phi) is 5.99. The van der Waals surface area contributed by atoms with Crippen LogP contribution < -0.4 is 16.6 Å². The topological polar surface area (TPSA) is 130 Å². The van der Waals surface area contributed by atoms with Gasteiger partial charge in [0.05, 0.1) is 11.4 Å². The molecule has 5 N–H and O–H groups in total. The molecule has 1 heterocycles. The van der Waals surface area contributed by atoms with Crippen molar-refractivity contribution in [3.63, 3.8) is 0 Å². The molecular weight excluding hydrogens is 330 g/mol. The van der Waals surface area contributed by atoms with Gasteiger partial charge in [-0.05, 0) is 30.5 Å². The lowest BCUT2D eigenvalue weighted by Crippen LogP contribution is -2.18. The quantitative estimate of drug-likeness (QED) is 0.261. The molecule has 0 saturated carbocycles. The minimum atomic E-state index is -1.04. The van der Waals surface area contributed by atoms with Gasteiger partial charge >= 0.3 is 5.97 Å². The SMILES string of the molecule is CC(=O)Nc1nc(CCc2ccc(N=CNN)cc2)c(C(=O)O)s1. The van der Waals surface area contributed by atoms with Crippen LogP contribution in [0.1, 0.15) is 27.9 Å². The molecule has 1 aromatic carbocycles. The van der Waals surface area contributed by atoms with E-state index in [1.165, 1.54) is 13.3 Å². The summed E-state index contributed by atoms with van der Waals surface area (Å²) in [7, 11) is 0. The lowest BCUT2D eigenvalue weighted by Gasteiger charge is -2.01. The number of hydrogen-bond acceptors (Lipinski definition) is 6. The second-order valence-electron chi connectivity index (χ2n) is 4.87. The van der Waals surface area contributed by atoms with Crippen molar-refractivity contribution in [3.05, 3.63) is 40.4 Å². The van der Waals surface area contributed by atoms with E-state index in [-0.39, 0.29) is 10.8 Å². The Morgan fingerprint density at radius 3 is 2.62 bits per heavy atom. The summed E-state index contributed by atoms with van der Waals surface area (Å²) in [6, 6.07) is 7.49. The predicted molar refractivity (Wildman–Crippen MR) is 92.7 cm³/mol. The number of nitrogens with zero attached hydrogens (tertiary/aromatic N) is 2. The van der Waals surface area contributed by atoms with Crippen molar-refractivity contribution in [2.45, 2.75) is 19.8 Å². The summed E-state index contributed by atoms with van der Waals surface area (Å²) < 4.78 is 0. The maximum absolute atomic E-state index is 11.3. The Balaban J connectivity index is 2.07. The van der Waals surface area contributed by atoms with Crippen LogP contribution in [0.3, 0.4) is 0 Å². The van der Waals surface area contributed by atoms with Crippen molar-refractivity contribution >= 4 is 40.4 Å². The zero-order valence-corrected chi connectivity index (χ0v) is 13.8. The number of hydrazine groups is 1. The molecule has 0 spiro atoms. The molecule has 0 aliphatic heterocycles. The van der Waals surface area contributed by atoms with Gasteiger partial charge in [0.2, 0.25) is 5.91 Å². The number of nitrogens with one attached hydrogen (secondary N) is 2. The van der Waals surface area contributed by atoms with Crippen molar-refractivity contribution in [3.8, 4) is 0 Å². The summed E-state index contributed by atoms with van der Waals surface area (Å²) in [5.74, 6) is 3.78. The third-order valence-electron chi connectivity index (χ3n) is 3.05. The van der Waals surface area contributed by atoms with Gasteiger partial charge in [0, 0.05) is 6.92 Å². The average molecular weight is 347 g/mol. The first-order valence-electron chi connectivity index (χ1n) is 7.07. The number of carbonyl (C=O) groups excluding carboxylic acids is 1. The van der Waals surface area contributed by atoms with Gasteiger partial charge in [0.25, 0.3) is 0 Å². The van der Waals surface area contributed by atoms with Gasteiger partial charge < -0.3 is 15.8 Å². The monoisotopic (exact) mass is 347 g/mol. The van der Waals surface area contributed by atoms with Crippen molar-refractivity contribution in [1.82, 2.24) is 10.4 Å². The Morgan fingerprint density at radius 1 is 1.33 bits per heavy atom. The fourth-order valence-electron chi connectivity index (χ4n) is 2.02. The number of nitrogens with two attached hydrogens (primary N) is 1. The summed E-state index contributed by atoms with van der Waals surface area (Å²) in [5, 5.41) is 12.1. The molecule has 0 atom stereocenters. The fourth-order valence-corrected chi connectivity index (χ4v) is 2.91. The Labute approximate surface area is 142 Å². The van der Waals surface area contributed by atoms with E-state index < -0.39 is 5.97 Å². The van der Waals surface area contributed by atoms with E-state index in [0.29, 0.717) is 23.7 Å². The van der Waals surface area contributed by atoms with Crippen LogP contribution in [0.4, 0.5) is 10.8 Å². The third-order valence-corrected chi connectivity index (χ3v) is 4.05. The fraction of sp³-hybridized carbons (Fsp3) is 0.200. The number of carbonyl (C=O) groups is 2. The summed E-state index contributed by atoms with van der Waals surface area (Å²) in [6.07, 6.45) is 2.47. The first kappa shape index (κ1) is 17.6. The summed E-state index contributed by atoms with van der Waals surface area (Å²) in [4.78, 5) is 30.8. The van der Waals surface area contributed by atoms with Crippen LogP contribution in [0.5, 0.6) is 0 Å². The second-order valence-corrected chi connectivity index (χ2v) is 5.87. The number of carboxylic acids is 1. The molecule has 8 nitrogen and oxygen atoms in total. The van der Waals surface area contributed by atoms with Crippen molar-refractivity contribution < 1.29 is 14.7 Å². The van der Waals surface area contributed by atoms with Gasteiger partial charge in [-0.25, -0.2) is 20.6 Å². The van der Waals surface area contributed by atoms with Gasteiger partial charge in [-0.3, -0.25) is 4.79 Å². The molecule has 0 fully saturated rings. The van der Waals surface area contributed by atoms with E-state index in [9.17, 15) is 14.7 Å². The number of benzene rings is 1. The molecule has 1 aromatic heterocycles. The smallest absolute Gasteiger partial charge is 0.347 e. The number of hydrogen-bond donors (Lipinski definition) is 4. The number of aryl methyl sites for hydroxylation is 2. The molecule has 24 heavy (non-hydrogen) atoms. The maximum Gasteiger partial charge on any atom is 0.347 e. The molecule has 126 valence electrons. The molecule has 0 radical (unpaired) electrons. The first-order valence-corrected chi connectivity index (χ1v) is 7.89. The third kappa shape index (κ3) is 4.86. The molecule has 0 bridgehead atoms. The van der Waals surface area contributed by atoms with Crippen LogP contribution in [-0.2, 0) is 17.6 Å². The van der Waals surface area contributed by atoms with Gasteiger partial charge in [-0.15, -0.1) is 0 Å².